The normalized spacial score (nSPS) is 17.7. The van der Waals surface area contributed by atoms with Gasteiger partial charge in [0.2, 0.25) is 11.8 Å². The standard InChI is InChI=1S/C28H29N5O4/c1-2-14-32(28(37)29-15-20-10-12-23(34)13-11-20)33-19-27(36)31-18-26(35)30(17-25(31)33)16-22-8-5-7-21-6-3-4-9-24(21)22/h2-13,25,34H,1,14-19H2,(H,29,37)/t25-/m0/s1. The maximum Gasteiger partial charge on any atom is 0.332 e. The third-order valence-corrected chi connectivity index (χ3v) is 6.83. The van der Waals surface area contributed by atoms with Crippen molar-refractivity contribution in [3.63, 3.8) is 0 Å². The van der Waals surface area contributed by atoms with E-state index in [4.69, 9.17) is 0 Å². The average Bonchev–Trinajstić information content (AvgIpc) is 3.21. The minimum Gasteiger partial charge on any atom is -0.508 e. The number of carbonyl (C=O) groups excluding carboxylic acids is 3. The van der Waals surface area contributed by atoms with Crippen molar-refractivity contribution in [2.45, 2.75) is 19.3 Å². The van der Waals surface area contributed by atoms with Gasteiger partial charge in [0.25, 0.3) is 0 Å². The molecule has 0 saturated carbocycles. The number of aromatic hydroxyl groups is 1. The van der Waals surface area contributed by atoms with Crippen molar-refractivity contribution >= 4 is 28.6 Å². The number of urea groups is 1. The van der Waals surface area contributed by atoms with Crippen LogP contribution in [0.15, 0.2) is 79.4 Å². The van der Waals surface area contributed by atoms with Crippen molar-refractivity contribution in [1.29, 1.82) is 0 Å². The van der Waals surface area contributed by atoms with Crippen LogP contribution < -0.4 is 5.32 Å². The Morgan fingerprint density at radius 3 is 2.57 bits per heavy atom. The number of phenols is 1. The molecule has 2 aliphatic heterocycles. The van der Waals surface area contributed by atoms with Gasteiger partial charge in [0, 0.05) is 13.1 Å². The Kier molecular flexibility index (Phi) is 6.78. The number of nitrogens with zero attached hydrogens (tertiary/aromatic N) is 4. The zero-order chi connectivity index (χ0) is 25.9. The Morgan fingerprint density at radius 2 is 1.78 bits per heavy atom. The fourth-order valence-electron chi connectivity index (χ4n) is 4.94. The molecule has 3 aromatic carbocycles. The van der Waals surface area contributed by atoms with Crippen LogP contribution in [0, 0.1) is 0 Å². The van der Waals surface area contributed by atoms with Crippen LogP contribution in [0.4, 0.5) is 4.79 Å². The van der Waals surface area contributed by atoms with E-state index in [0.717, 1.165) is 21.9 Å². The number of hydrazine groups is 1. The van der Waals surface area contributed by atoms with E-state index in [1.807, 2.05) is 42.5 Å². The molecule has 5 rings (SSSR count). The van der Waals surface area contributed by atoms with Crippen LogP contribution in [0.25, 0.3) is 10.8 Å². The number of amides is 4. The van der Waals surface area contributed by atoms with Gasteiger partial charge in [0.1, 0.15) is 18.5 Å². The van der Waals surface area contributed by atoms with E-state index in [-0.39, 0.29) is 56.3 Å². The van der Waals surface area contributed by atoms with Gasteiger partial charge in [0.15, 0.2) is 0 Å². The molecule has 190 valence electrons. The van der Waals surface area contributed by atoms with Crippen LogP contribution in [0.1, 0.15) is 11.1 Å². The first-order valence-corrected chi connectivity index (χ1v) is 12.2. The van der Waals surface area contributed by atoms with Gasteiger partial charge in [-0.2, -0.15) is 5.01 Å². The minimum absolute atomic E-state index is 0.000520. The topological polar surface area (TPSA) is 96.4 Å². The molecule has 2 saturated heterocycles. The Labute approximate surface area is 215 Å². The number of carbonyl (C=O) groups is 3. The van der Waals surface area contributed by atoms with Gasteiger partial charge in [-0.25, -0.2) is 4.79 Å². The maximum absolute atomic E-state index is 13.2. The Balaban J connectivity index is 1.33. The molecule has 3 aromatic rings. The van der Waals surface area contributed by atoms with Crippen LogP contribution in [-0.4, -0.2) is 75.1 Å². The number of phenolic OH excluding ortho intramolecular Hbond substituents is 1. The lowest BCUT2D eigenvalue weighted by atomic mass is 10.0. The summed E-state index contributed by atoms with van der Waals surface area (Å²) in [5.41, 5.74) is 1.86. The molecule has 0 aliphatic carbocycles. The molecular formula is C28H29N5O4. The predicted octanol–water partition coefficient (Wildman–Crippen LogP) is 2.67. The van der Waals surface area contributed by atoms with E-state index >= 15 is 0 Å². The van der Waals surface area contributed by atoms with Crippen molar-refractivity contribution in [2.24, 2.45) is 0 Å². The van der Waals surface area contributed by atoms with Crippen molar-refractivity contribution in [3.8, 4) is 5.75 Å². The number of hydrogen-bond donors (Lipinski definition) is 2. The van der Waals surface area contributed by atoms with E-state index in [2.05, 4.69) is 11.9 Å². The van der Waals surface area contributed by atoms with Gasteiger partial charge in [-0.1, -0.05) is 60.7 Å². The predicted molar refractivity (Wildman–Crippen MR) is 139 cm³/mol. The maximum atomic E-state index is 13.2. The lowest BCUT2D eigenvalue weighted by Crippen LogP contribution is -2.62. The van der Waals surface area contributed by atoms with Gasteiger partial charge in [-0.05, 0) is 34.0 Å². The second kappa shape index (κ2) is 10.3. The van der Waals surface area contributed by atoms with Crippen molar-refractivity contribution in [1.82, 2.24) is 25.1 Å². The van der Waals surface area contributed by atoms with Crippen LogP contribution in [0.5, 0.6) is 5.75 Å². The summed E-state index contributed by atoms with van der Waals surface area (Å²) in [6.45, 7) is 4.92. The Hall–Kier alpha value is -4.37. The summed E-state index contributed by atoms with van der Waals surface area (Å²) in [7, 11) is 0. The highest BCUT2D eigenvalue weighted by molar-refractivity contribution is 5.90. The third-order valence-electron chi connectivity index (χ3n) is 6.83. The molecule has 0 radical (unpaired) electrons. The minimum atomic E-state index is -0.459. The monoisotopic (exact) mass is 499 g/mol. The highest BCUT2D eigenvalue weighted by Crippen LogP contribution is 2.26. The molecule has 0 spiro atoms. The number of rotatable bonds is 7. The highest BCUT2D eigenvalue weighted by Gasteiger charge is 2.47. The van der Waals surface area contributed by atoms with E-state index in [9.17, 15) is 19.5 Å². The van der Waals surface area contributed by atoms with Gasteiger partial charge in [-0.3, -0.25) is 14.6 Å². The Morgan fingerprint density at radius 1 is 1.03 bits per heavy atom. The fraction of sp³-hybridized carbons (Fsp3) is 0.250. The SMILES string of the molecule is C=CCN(C(=O)NCc1ccc(O)cc1)N1CC(=O)N2CC(=O)N(Cc3cccc4ccccc34)C[C@@H]21. The first-order chi connectivity index (χ1) is 17.9. The molecule has 1 atom stereocenters. The summed E-state index contributed by atoms with van der Waals surface area (Å²) in [4.78, 5) is 42.4. The molecule has 37 heavy (non-hydrogen) atoms. The molecule has 0 aromatic heterocycles. The molecule has 2 aliphatic rings. The first-order valence-electron chi connectivity index (χ1n) is 12.2. The molecule has 2 heterocycles. The summed E-state index contributed by atoms with van der Waals surface area (Å²) in [6.07, 6.45) is 1.15. The number of hydrogen-bond acceptors (Lipinski definition) is 5. The molecule has 9 nitrogen and oxygen atoms in total. The van der Waals surface area contributed by atoms with Crippen molar-refractivity contribution in [2.75, 3.05) is 26.2 Å². The quantitative estimate of drug-likeness (QED) is 0.488. The summed E-state index contributed by atoms with van der Waals surface area (Å²) in [6, 6.07) is 20.3. The van der Waals surface area contributed by atoms with Gasteiger partial charge >= 0.3 is 6.03 Å². The Bertz CT molecular complexity index is 1340. The lowest BCUT2D eigenvalue weighted by Gasteiger charge is -2.42. The molecule has 2 N–H and O–H groups in total. The van der Waals surface area contributed by atoms with E-state index in [1.54, 1.807) is 45.2 Å². The van der Waals surface area contributed by atoms with E-state index < -0.39 is 6.17 Å². The van der Waals surface area contributed by atoms with Crippen molar-refractivity contribution in [3.05, 3.63) is 90.5 Å². The van der Waals surface area contributed by atoms with Crippen LogP contribution in [0.3, 0.4) is 0 Å². The van der Waals surface area contributed by atoms with E-state index in [0.29, 0.717) is 6.54 Å². The highest BCUT2D eigenvalue weighted by atomic mass is 16.3. The fourth-order valence-corrected chi connectivity index (χ4v) is 4.94. The third kappa shape index (κ3) is 4.99. The summed E-state index contributed by atoms with van der Waals surface area (Å²) in [5, 5.41) is 17.7. The second-order valence-electron chi connectivity index (χ2n) is 9.21. The van der Waals surface area contributed by atoms with Gasteiger partial charge in [-0.15, -0.1) is 6.58 Å². The number of benzene rings is 3. The molecule has 0 bridgehead atoms. The lowest BCUT2D eigenvalue weighted by molar-refractivity contribution is -0.149. The number of fused-ring (bicyclic) bond motifs is 2. The summed E-state index contributed by atoms with van der Waals surface area (Å²) >= 11 is 0. The van der Waals surface area contributed by atoms with Crippen molar-refractivity contribution < 1.29 is 19.5 Å². The second-order valence-corrected chi connectivity index (χ2v) is 9.21. The average molecular weight is 500 g/mol. The zero-order valence-electron chi connectivity index (χ0n) is 20.4. The first kappa shape index (κ1) is 24.3. The molecule has 0 unspecified atom stereocenters. The molecule has 9 heteroatoms. The smallest absolute Gasteiger partial charge is 0.332 e. The van der Waals surface area contributed by atoms with Crippen LogP contribution in [0.2, 0.25) is 0 Å². The zero-order valence-corrected chi connectivity index (χ0v) is 20.4. The molecule has 2 fully saturated rings. The molecular weight excluding hydrogens is 470 g/mol. The summed E-state index contributed by atoms with van der Waals surface area (Å²) < 4.78 is 0. The number of nitrogens with one attached hydrogen (secondary N) is 1. The van der Waals surface area contributed by atoms with Gasteiger partial charge in [0.05, 0.1) is 19.6 Å². The van der Waals surface area contributed by atoms with Crippen LogP contribution >= 0.6 is 0 Å². The number of piperazine rings is 1. The summed E-state index contributed by atoms with van der Waals surface area (Å²) in [5.74, 6) is -0.158. The van der Waals surface area contributed by atoms with Gasteiger partial charge < -0.3 is 20.2 Å². The van der Waals surface area contributed by atoms with E-state index in [1.165, 1.54) is 5.01 Å². The molecule has 4 amide bonds. The van der Waals surface area contributed by atoms with Crippen LogP contribution in [-0.2, 0) is 22.7 Å². The largest absolute Gasteiger partial charge is 0.508 e.